The average Bonchev–Trinajstić information content (AvgIpc) is 3.32. The molecule has 2 aromatic heterocycles. The van der Waals surface area contributed by atoms with Crippen LogP contribution in [0.15, 0.2) is 23.1 Å². The van der Waals surface area contributed by atoms with E-state index < -0.39 is 6.09 Å². The SMILES string of the molecule is O=C(CN1CCOC1=O)N1CCC[C@@H](Cc2nc(-c3cnccn3)no2)C1. The number of ether oxygens (including phenoxy) is 1. The molecular formula is C17H20N6O4. The number of carbonyl (C=O) groups is 2. The van der Waals surface area contributed by atoms with Crippen LogP contribution in [-0.4, -0.2) is 74.7 Å². The Balaban J connectivity index is 1.34. The van der Waals surface area contributed by atoms with E-state index in [4.69, 9.17) is 9.26 Å². The number of hydrogen-bond donors (Lipinski definition) is 0. The Hall–Kier alpha value is -3.04. The Morgan fingerprint density at radius 2 is 2.22 bits per heavy atom. The Kier molecular flexibility index (Phi) is 4.95. The molecule has 2 fully saturated rings. The molecule has 2 aromatic rings. The summed E-state index contributed by atoms with van der Waals surface area (Å²) in [6.45, 7) is 2.20. The zero-order valence-electron chi connectivity index (χ0n) is 14.8. The van der Waals surface area contributed by atoms with Crippen molar-refractivity contribution in [3.63, 3.8) is 0 Å². The maximum absolute atomic E-state index is 12.5. The van der Waals surface area contributed by atoms with E-state index in [0.717, 1.165) is 12.8 Å². The lowest BCUT2D eigenvalue weighted by Crippen LogP contribution is -2.45. The van der Waals surface area contributed by atoms with Gasteiger partial charge in [0.2, 0.25) is 17.6 Å². The normalized spacial score (nSPS) is 20.0. The molecule has 0 N–H and O–H groups in total. The molecule has 0 bridgehead atoms. The Bertz CT molecular complexity index is 811. The number of nitrogens with zero attached hydrogens (tertiary/aromatic N) is 6. The highest BCUT2D eigenvalue weighted by Gasteiger charge is 2.30. The minimum absolute atomic E-state index is 0.0515. The first kappa shape index (κ1) is 17.4. The van der Waals surface area contributed by atoms with Crippen LogP contribution in [0.1, 0.15) is 18.7 Å². The van der Waals surface area contributed by atoms with Gasteiger partial charge in [-0.2, -0.15) is 4.98 Å². The van der Waals surface area contributed by atoms with E-state index in [-0.39, 0.29) is 18.4 Å². The van der Waals surface area contributed by atoms with Crippen LogP contribution >= 0.6 is 0 Å². The molecule has 0 aromatic carbocycles. The molecule has 2 aliphatic heterocycles. The second kappa shape index (κ2) is 7.68. The van der Waals surface area contributed by atoms with Gasteiger partial charge >= 0.3 is 6.09 Å². The van der Waals surface area contributed by atoms with Crippen molar-refractivity contribution in [2.75, 3.05) is 32.8 Å². The van der Waals surface area contributed by atoms with E-state index in [0.29, 0.717) is 50.1 Å². The molecule has 10 heteroatoms. The molecule has 0 aliphatic carbocycles. The summed E-state index contributed by atoms with van der Waals surface area (Å²) in [4.78, 5) is 39.8. The zero-order valence-corrected chi connectivity index (χ0v) is 14.8. The smallest absolute Gasteiger partial charge is 0.410 e. The van der Waals surface area contributed by atoms with E-state index in [2.05, 4.69) is 20.1 Å². The molecular weight excluding hydrogens is 352 g/mol. The summed E-state index contributed by atoms with van der Waals surface area (Å²) in [5.41, 5.74) is 0.561. The van der Waals surface area contributed by atoms with Gasteiger partial charge in [0.25, 0.3) is 0 Å². The van der Waals surface area contributed by atoms with E-state index in [1.165, 1.54) is 4.90 Å². The number of aromatic nitrogens is 4. The number of amides is 2. The van der Waals surface area contributed by atoms with Gasteiger partial charge in [0.15, 0.2) is 0 Å². The van der Waals surface area contributed by atoms with E-state index in [1.807, 2.05) is 0 Å². The molecule has 0 saturated carbocycles. The molecule has 1 atom stereocenters. The Labute approximate surface area is 155 Å². The number of piperidine rings is 1. The number of carbonyl (C=O) groups excluding carboxylic acids is 2. The topological polar surface area (TPSA) is 115 Å². The number of rotatable bonds is 5. The molecule has 2 saturated heterocycles. The fraction of sp³-hybridized carbons (Fsp3) is 0.529. The molecule has 0 spiro atoms. The first-order valence-corrected chi connectivity index (χ1v) is 8.97. The summed E-state index contributed by atoms with van der Waals surface area (Å²) in [6, 6.07) is 0. The molecule has 0 unspecified atom stereocenters. The van der Waals surface area contributed by atoms with Crippen molar-refractivity contribution in [1.29, 1.82) is 0 Å². The molecule has 4 rings (SSSR count). The molecule has 27 heavy (non-hydrogen) atoms. The highest BCUT2D eigenvalue weighted by molar-refractivity contribution is 5.83. The van der Waals surface area contributed by atoms with Gasteiger partial charge in [-0.25, -0.2) is 9.78 Å². The van der Waals surface area contributed by atoms with Crippen molar-refractivity contribution in [3.05, 3.63) is 24.5 Å². The van der Waals surface area contributed by atoms with Crippen LogP contribution in [0.3, 0.4) is 0 Å². The van der Waals surface area contributed by atoms with Crippen molar-refractivity contribution in [3.8, 4) is 11.5 Å². The van der Waals surface area contributed by atoms with Crippen LogP contribution in [0.5, 0.6) is 0 Å². The summed E-state index contributed by atoms with van der Waals surface area (Å²) in [5.74, 6) is 1.13. The zero-order chi connectivity index (χ0) is 18.6. The van der Waals surface area contributed by atoms with Crippen LogP contribution < -0.4 is 0 Å². The third kappa shape index (κ3) is 4.04. The maximum Gasteiger partial charge on any atom is 0.410 e. The lowest BCUT2D eigenvalue weighted by Gasteiger charge is -2.33. The van der Waals surface area contributed by atoms with Crippen molar-refractivity contribution in [2.24, 2.45) is 5.92 Å². The predicted octanol–water partition coefficient (Wildman–Crippen LogP) is 0.760. The molecule has 2 aliphatic rings. The van der Waals surface area contributed by atoms with Crippen LogP contribution in [0, 0.1) is 5.92 Å². The number of cyclic esters (lactones) is 1. The molecule has 142 valence electrons. The first-order chi connectivity index (χ1) is 13.2. The van der Waals surface area contributed by atoms with E-state index >= 15 is 0 Å². The largest absolute Gasteiger partial charge is 0.448 e. The molecule has 2 amide bonds. The van der Waals surface area contributed by atoms with E-state index in [9.17, 15) is 9.59 Å². The molecule has 10 nitrogen and oxygen atoms in total. The van der Waals surface area contributed by atoms with Crippen molar-refractivity contribution < 1.29 is 18.8 Å². The molecule has 4 heterocycles. The third-order valence-corrected chi connectivity index (χ3v) is 4.77. The van der Waals surface area contributed by atoms with Crippen molar-refractivity contribution >= 4 is 12.0 Å². The second-order valence-corrected chi connectivity index (χ2v) is 6.69. The van der Waals surface area contributed by atoms with Gasteiger partial charge in [-0.3, -0.25) is 14.7 Å². The second-order valence-electron chi connectivity index (χ2n) is 6.69. The minimum atomic E-state index is -0.417. The van der Waals surface area contributed by atoms with Gasteiger partial charge in [-0.1, -0.05) is 5.16 Å². The summed E-state index contributed by atoms with van der Waals surface area (Å²) in [7, 11) is 0. The fourth-order valence-corrected chi connectivity index (χ4v) is 3.39. The van der Waals surface area contributed by atoms with Crippen molar-refractivity contribution in [1.82, 2.24) is 29.9 Å². The quantitative estimate of drug-likeness (QED) is 0.755. The highest BCUT2D eigenvalue weighted by Crippen LogP contribution is 2.22. The van der Waals surface area contributed by atoms with Gasteiger partial charge in [0.05, 0.1) is 12.7 Å². The summed E-state index contributed by atoms with van der Waals surface area (Å²) in [5, 5.41) is 3.96. The summed E-state index contributed by atoms with van der Waals surface area (Å²) in [6.07, 6.45) is 6.82. The summed E-state index contributed by atoms with van der Waals surface area (Å²) >= 11 is 0. The fourth-order valence-electron chi connectivity index (χ4n) is 3.39. The van der Waals surface area contributed by atoms with Gasteiger partial charge in [-0.05, 0) is 18.8 Å². The standard InChI is InChI=1S/C17H20N6O4/c24-15(11-23-6-7-26-17(23)25)22-5-1-2-12(10-22)8-14-20-16(21-27-14)13-9-18-3-4-19-13/h3-4,9,12H,1-2,5-8,10-11H2/t12-/m0/s1. The summed E-state index contributed by atoms with van der Waals surface area (Å²) < 4.78 is 10.2. The minimum Gasteiger partial charge on any atom is -0.448 e. The number of hydrogen-bond acceptors (Lipinski definition) is 8. The van der Waals surface area contributed by atoms with Gasteiger partial charge in [0.1, 0.15) is 18.8 Å². The monoisotopic (exact) mass is 372 g/mol. The maximum atomic E-state index is 12.5. The lowest BCUT2D eigenvalue weighted by atomic mass is 9.94. The third-order valence-electron chi connectivity index (χ3n) is 4.77. The van der Waals surface area contributed by atoms with Gasteiger partial charge in [0, 0.05) is 31.9 Å². The van der Waals surface area contributed by atoms with E-state index in [1.54, 1.807) is 23.5 Å². The van der Waals surface area contributed by atoms with Gasteiger partial charge in [-0.15, -0.1) is 0 Å². The Morgan fingerprint density at radius 1 is 1.30 bits per heavy atom. The van der Waals surface area contributed by atoms with Crippen LogP contribution in [0.2, 0.25) is 0 Å². The van der Waals surface area contributed by atoms with Gasteiger partial charge < -0.3 is 14.2 Å². The lowest BCUT2D eigenvalue weighted by molar-refractivity contribution is -0.133. The highest BCUT2D eigenvalue weighted by atomic mass is 16.6. The predicted molar refractivity (Wildman–Crippen MR) is 91.3 cm³/mol. The first-order valence-electron chi connectivity index (χ1n) is 8.97. The number of likely N-dealkylation sites (tertiary alicyclic amines) is 1. The molecule has 0 radical (unpaired) electrons. The van der Waals surface area contributed by atoms with Crippen LogP contribution in [0.4, 0.5) is 4.79 Å². The van der Waals surface area contributed by atoms with Crippen molar-refractivity contribution in [2.45, 2.75) is 19.3 Å². The Morgan fingerprint density at radius 3 is 3.00 bits per heavy atom. The van der Waals surface area contributed by atoms with Crippen LogP contribution in [0.25, 0.3) is 11.5 Å². The average molecular weight is 372 g/mol. The van der Waals surface area contributed by atoms with Crippen LogP contribution in [-0.2, 0) is 16.0 Å².